The summed E-state index contributed by atoms with van der Waals surface area (Å²) in [6, 6.07) is 10.9. The van der Waals surface area contributed by atoms with E-state index < -0.39 is 0 Å². The number of unbranched alkanes of at least 4 members (excludes halogenated alkanes) is 2. The minimum atomic E-state index is 1.15. The molecule has 0 nitrogen and oxygen atoms in total. The maximum absolute atomic E-state index is 2.34. The SMILES string of the molecule is CCCC/C(C)=C(\CCCC)Cc1ccccc1. The van der Waals surface area contributed by atoms with Crippen molar-refractivity contribution < 1.29 is 0 Å². The van der Waals surface area contributed by atoms with Crippen LogP contribution in [0.5, 0.6) is 0 Å². The van der Waals surface area contributed by atoms with Gasteiger partial charge < -0.3 is 0 Å². The zero-order valence-electron chi connectivity index (χ0n) is 12.3. The topological polar surface area (TPSA) is 0 Å². The van der Waals surface area contributed by atoms with E-state index in [2.05, 4.69) is 51.1 Å². The van der Waals surface area contributed by atoms with Gasteiger partial charge in [0.1, 0.15) is 0 Å². The summed E-state index contributed by atoms with van der Waals surface area (Å²) in [6.07, 6.45) is 8.95. The highest BCUT2D eigenvalue weighted by atomic mass is 14.1. The standard InChI is InChI=1S/C18H28/c1-4-6-11-16(3)18(14-7-5-2)15-17-12-9-8-10-13-17/h8-10,12-13H,4-7,11,14-15H2,1-3H3/b18-16+. The molecule has 0 N–H and O–H groups in total. The smallest absolute Gasteiger partial charge is 0.00645 e. The lowest BCUT2D eigenvalue weighted by atomic mass is 9.94. The molecular formula is C18H28. The van der Waals surface area contributed by atoms with Crippen LogP contribution in [0.1, 0.15) is 64.9 Å². The molecule has 0 saturated carbocycles. The van der Waals surface area contributed by atoms with E-state index in [0.29, 0.717) is 0 Å². The van der Waals surface area contributed by atoms with Crippen molar-refractivity contribution in [2.24, 2.45) is 0 Å². The molecule has 0 saturated heterocycles. The van der Waals surface area contributed by atoms with Gasteiger partial charge in [-0.1, -0.05) is 68.2 Å². The van der Waals surface area contributed by atoms with Gasteiger partial charge in [-0.25, -0.2) is 0 Å². The Hall–Kier alpha value is -1.04. The molecule has 0 amide bonds. The summed E-state index contributed by atoms with van der Waals surface area (Å²) in [4.78, 5) is 0. The van der Waals surface area contributed by atoms with Crippen molar-refractivity contribution in [1.29, 1.82) is 0 Å². The molecule has 0 atom stereocenters. The first kappa shape index (κ1) is 15.0. The number of hydrogen-bond acceptors (Lipinski definition) is 0. The Morgan fingerprint density at radius 3 is 2.11 bits per heavy atom. The summed E-state index contributed by atoms with van der Waals surface area (Å²) in [5, 5.41) is 0. The van der Waals surface area contributed by atoms with E-state index in [9.17, 15) is 0 Å². The van der Waals surface area contributed by atoms with Gasteiger partial charge in [-0.05, 0) is 44.6 Å². The maximum Gasteiger partial charge on any atom is -0.00645 e. The average Bonchev–Trinajstić information content (AvgIpc) is 2.42. The van der Waals surface area contributed by atoms with Crippen LogP contribution in [0.15, 0.2) is 41.5 Å². The summed E-state index contributed by atoms with van der Waals surface area (Å²) in [7, 11) is 0. The summed E-state index contributed by atoms with van der Waals surface area (Å²) in [6.45, 7) is 6.89. The fourth-order valence-corrected chi connectivity index (χ4v) is 2.30. The molecule has 0 aliphatic rings. The van der Waals surface area contributed by atoms with E-state index in [1.807, 2.05) is 0 Å². The number of allylic oxidation sites excluding steroid dienone is 2. The van der Waals surface area contributed by atoms with Gasteiger partial charge in [0.05, 0.1) is 0 Å². The molecule has 0 aliphatic carbocycles. The van der Waals surface area contributed by atoms with Crippen molar-refractivity contribution in [2.75, 3.05) is 0 Å². The number of benzene rings is 1. The second kappa shape index (κ2) is 8.97. The minimum Gasteiger partial charge on any atom is -0.0738 e. The predicted molar refractivity (Wildman–Crippen MR) is 81.9 cm³/mol. The summed E-state index contributed by atoms with van der Waals surface area (Å²) >= 11 is 0. The second-order valence-corrected chi connectivity index (χ2v) is 5.25. The van der Waals surface area contributed by atoms with Gasteiger partial charge in [-0.15, -0.1) is 0 Å². The van der Waals surface area contributed by atoms with Gasteiger partial charge >= 0.3 is 0 Å². The van der Waals surface area contributed by atoms with Crippen molar-refractivity contribution in [3.8, 4) is 0 Å². The van der Waals surface area contributed by atoms with Crippen molar-refractivity contribution in [3.63, 3.8) is 0 Å². The molecule has 0 spiro atoms. The molecule has 0 radical (unpaired) electrons. The fourth-order valence-electron chi connectivity index (χ4n) is 2.30. The van der Waals surface area contributed by atoms with Gasteiger partial charge in [0, 0.05) is 0 Å². The average molecular weight is 244 g/mol. The normalized spacial score (nSPS) is 12.4. The van der Waals surface area contributed by atoms with Gasteiger partial charge in [0.2, 0.25) is 0 Å². The summed E-state index contributed by atoms with van der Waals surface area (Å²) < 4.78 is 0. The third-order valence-electron chi connectivity index (χ3n) is 3.60. The van der Waals surface area contributed by atoms with E-state index in [0.717, 1.165) is 6.42 Å². The molecule has 1 aromatic rings. The molecule has 0 aliphatic heterocycles. The monoisotopic (exact) mass is 244 g/mol. The van der Waals surface area contributed by atoms with Crippen molar-refractivity contribution in [3.05, 3.63) is 47.0 Å². The number of hydrogen-bond donors (Lipinski definition) is 0. The first-order chi connectivity index (χ1) is 8.77. The van der Waals surface area contributed by atoms with Gasteiger partial charge in [0.25, 0.3) is 0 Å². The Morgan fingerprint density at radius 2 is 1.50 bits per heavy atom. The molecule has 18 heavy (non-hydrogen) atoms. The van der Waals surface area contributed by atoms with Crippen LogP contribution >= 0.6 is 0 Å². The lowest BCUT2D eigenvalue weighted by molar-refractivity contribution is 0.732. The zero-order valence-corrected chi connectivity index (χ0v) is 12.3. The molecule has 1 aromatic carbocycles. The van der Waals surface area contributed by atoms with Crippen LogP contribution in [-0.2, 0) is 6.42 Å². The van der Waals surface area contributed by atoms with Crippen LogP contribution < -0.4 is 0 Å². The van der Waals surface area contributed by atoms with E-state index in [1.165, 1.54) is 44.1 Å². The third-order valence-corrected chi connectivity index (χ3v) is 3.60. The van der Waals surface area contributed by atoms with Gasteiger partial charge in [0.15, 0.2) is 0 Å². The Balaban J connectivity index is 2.71. The largest absolute Gasteiger partial charge is 0.0738 e. The molecule has 1 rings (SSSR count). The Morgan fingerprint density at radius 1 is 0.889 bits per heavy atom. The molecule has 0 unspecified atom stereocenters. The molecule has 100 valence electrons. The van der Waals surface area contributed by atoms with Crippen LogP contribution in [0, 0.1) is 0 Å². The zero-order chi connectivity index (χ0) is 13.2. The minimum absolute atomic E-state index is 1.15. The summed E-state index contributed by atoms with van der Waals surface area (Å²) in [5.74, 6) is 0. The molecule has 0 fully saturated rings. The Kier molecular flexibility index (Phi) is 7.48. The first-order valence-electron chi connectivity index (χ1n) is 7.49. The first-order valence-corrected chi connectivity index (χ1v) is 7.49. The molecule has 0 heterocycles. The highest BCUT2D eigenvalue weighted by molar-refractivity contribution is 5.24. The molecule has 0 aromatic heterocycles. The van der Waals surface area contributed by atoms with Crippen molar-refractivity contribution in [1.82, 2.24) is 0 Å². The molecular weight excluding hydrogens is 216 g/mol. The van der Waals surface area contributed by atoms with Crippen LogP contribution in [0.3, 0.4) is 0 Å². The van der Waals surface area contributed by atoms with E-state index in [4.69, 9.17) is 0 Å². The van der Waals surface area contributed by atoms with E-state index in [1.54, 1.807) is 11.1 Å². The van der Waals surface area contributed by atoms with E-state index >= 15 is 0 Å². The fraction of sp³-hybridized carbons (Fsp3) is 0.556. The molecule has 0 heteroatoms. The quantitative estimate of drug-likeness (QED) is 0.497. The lowest BCUT2D eigenvalue weighted by Gasteiger charge is -2.12. The Labute approximate surface area is 113 Å². The lowest BCUT2D eigenvalue weighted by Crippen LogP contribution is -1.96. The van der Waals surface area contributed by atoms with Crippen LogP contribution in [-0.4, -0.2) is 0 Å². The predicted octanol–water partition coefficient (Wildman–Crippen LogP) is 5.93. The third kappa shape index (κ3) is 5.53. The van der Waals surface area contributed by atoms with Gasteiger partial charge in [-0.2, -0.15) is 0 Å². The van der Waals surface area contributed by atoms with Crippen LogP contribution in [0.4, 0.5) is 0 Å². The van der Waals surface area contributed by atoms with Crippen molar-refractivity contribution in [2.45, 2.75) is 65.7 Å². The highest BCUT2D eigenvalue weighted by Crippen LogP contribution is 2.21. The van der Waals surface area contributed by atoms with Crippen LogP contribution in [0.2, 0.25) is 0 Å². The summed E-state index contributed by atoms with van der Waals surface area (Å²) in [5.41, 5.74) is 4.77. The highest BCUT2D eigenvalue weighted by Gasteiger charge is 2.04. The van der Waals surface area contributed by atoms with E-state index in [-0.39, 0.29) is 0 Å². The van der Waals surface area contributed by atoms with Crippen molar-refractivity contribution >= 4 is 0 Å². The van der Waals surface area contributed by atoms with Gasteiger partial charge in [-0.3, -0.25) is 0 Å². The van der Waals surface area contributed by atoms with Crippen LogP contribution in [0.25, 0.3) is 0 Å². The Bertz CT molecular complexity index is 346. The number of rotatable bonds is 8. The second-order valence-electron chi connectivity index (χ2n) is 5.25. The maximum atomic E-state index is 2.34. The molecule has 0 bridgehead atoms.